The lowest BCUT2D eigenvalue weighted by Gasteiger charge is -2.27. The number of hydrogen-bond acceptors (Lipinski definition) is 2. The lowest BCUT2D eigenvalue weighted by molar-refractivity contribution is 0.584. The van der Waals surface area contributed by atoms with Gasteiger partial charge in [-0.1, -0.05) is 83.1 Å². The van der Waals surface area contributed by atoms with E-state index in [-0.39, 0.29) is 6.04 Å². The molecule has 2 aromatic rings. The van der Waals surface area contributed by atoms with Gasteiger partial charge in [0.25, 0.3) is 0 Å². The molecule has 0 aliphatic heterocycles. The summed E-state index contributed by atoms with van der Waals surface area (Å²) in [6.45, 7) is 12.0. The van der Waals surface area contributed by atoms with Crippen LogP contribution < -0.4 is 11.1 Å². The van der Waals surface area contributed by atoms with Crippen LogP contribution in [-0.2, 0) is 0 Å². The summed E-state index contributed by atoms with van der Waals surface area (Å²) in [5, 5.41) is 3.80. The predicted molar refractivity (Wildman–Crippen MR) is 111 cm³/mol. The summed E-state index contributed by atoms with van der Waals surface area (Å²) < 4.78 is 0. The third-order valence-electron chi connectivity index (χ3n) is 5.01. The van der Waals surface area contributed by atoms with Gasteiger partial charge in [0.1, 0.15) is 0 Å². The van der Waals surface area contributed by atoms with Gasteiger partial charge in [-0.05, 0) is 40.9 Å². The Hall–Kier alpha value is -1.80. The van der Waals surface area contributed by atoms with Crippen LogP contribution in [0.4, 0.5) is 5.69 Å². The second-order valence-electron chi connectivity index (χ2n) is 7.75. The van der Waals surface area contributed by atoms with Gasteiger partial charge >= 0.3 is 0 Å². The molecule has 25 heavy (non-hydrogen) atoms. The fourth-order valence-electron chi connectivity index (χ4n) is 3.48. The molecule has 0 saturated carbocycles. The Bertz CT molecular complexity index is 620. The predicted octanol–water partition coefficient (Wildman–Crippen LogP) is 5.87. The monoisotopic (exact) mass is 338 g/mol. The normalized spacial score (nSPS) is 13.9. The lowest BCUT2D eigenvalue weighted by Crippen LogP contribution is -2.31. The fraction of sp³-hybridized carbons (Fsp3) is 0.478. The zero-order valence-corrected chi connectivity index (χ0v) is 16.4. The molecular formula is C23H34N2. The third kappa shape index (κ3) is 5.09. The summed E-state index contributed by atoms with van der Waals surface area (Å²) in [5.74, 6) is 1.47. The maximum absolute atomic E-state index is 6.14. The minimum Gasteiger partial charge on any atom is -0.381 e. The topological polar surface area (TPSA) is 38.0 Å². The number of hydrogen-bond donors (Lipinski definition) is 2. The summed E-state index contributed by atoms with van der Waals surface area (Å²) in [7, 11) is 0. The Balaban J connectivity index is 2.23. The van der Waals surface area contributed by atoms with E-state index < -0.39 is 0 Å². The van der Waals surface area contributed by atoms with Crippen molar-refractivity contribution in [2.24, 2.45) is 5.73 Å². The van der Waals surface area contributed by atoms with E-state index in [9.17, 15) is 0 Å². The first-order valence-corrected chi connectivity index (χ1v) is 9.58. The molecule has 0 bridgehead atoms. The number of para-hydroxylation sites is 1. The van der Waals surface area contributed by atoms with Gasteiger partial charge in [-0.3, -0.25) is 0 Å². The van der Waals surface area contributed by atoms with Crippen LogP contribution in [0.25, 0.3) is 0 Å². The van der Waals surface area contributed by atoms with Crippen LogP contribution in [0.2, 0.25) is 0 Å². The van der Waals surface area contributed by atoms with Crippen molar-refractivity contribution in [1.82, 2.24) is 0 Å². The molecule has 2 atom stereocenters. The zero-order chi connectivity index (χ0) is 18.4. The number of anilines is 1. The van der Waals surface area contributed by atoms with Gasteiger partial charge in [-0.25, -0.2) is 0 Å². The van der Waals surface area contributed by atoms with E-state index in [0.29, 0.717) is 24.3 Å². The molecule has 2 rings (SSSR count). The summed E-state index contributed by atoms with van der Waals surface area (Å²) in [6, 6.07) is 17.7. The minimum absolute atomic E-state index is 0.271. The molecule has 2 heteroatoms. The van der Waals surface area contributed by atoms with Crippen molar-refractivity contribution in [3.05, 3.63) is 65.2 Å². The summed E-state index contributed by atoms with van der Waals surface area (Å²) >= 11 is 0. The van der Waals surface area contributed by atoms with Crippen molar-refractivity contribution in [1.29, 1.82) is 0 Å². The third-order valence-corrected chi connectivity index (χ3v) is 5.01. The van der Waals surface area contributed by atoms with Gasteiger partial charge in [0, 0.05) is 18.3 Å². The molecule has 0 spiro atoms. The molecule has 0 fully saturated rings. The maximum atomic E-state index is 6.14. The molecule has 3 N–H and O–H groups in total. The highest BCUT2D eigenvalue weighted by atomic mass is 14.9. The Labute approximate surface area is 153 Å². The van der Waals surface area contributed by atoms with Crippen LogP contribution in [0, 0.1) is 0 Å². The summed E-state index contributed by atoms with van der Waals surface area (Å²) in [5.41, 5.74) is 11.6. The lowest BCUT2D eigenvalue weighted by atomic mass is 9.90. The standard InChI is InChI=1S/C23H34N2/c1-16(2)21-12-9-13-22(17(3)4)23(21)25-20(15-24)14-18(5)19-10-7-6-8-11-19/h6-13,16-18,20,25H,14-15,24H2,1-5H3. The zero-order valence-electron chi connectivity index (χ0n) is 16.4. The van der Waals surface area contributed by atoms with Gasteiger partial charge in [-0.2, -0.15) is 0 Å². The Morgan fingerprint density at radius 3 is 1.84 bits per heavy atom. The van der Waals surface area contributed by atoms with Gasteiger partial charge < -0.3 is 11.1 Å². The van der Waals surface area contributed by atoms with E-state index in [4.69, 9.17) is 5.73 Å². The summed E-state index contributed by atoms with van der Waals surface area (Å²) in [4.78, 5) is 0. The summed E-state index contributed by atoms with van der Waals surface area (Å²) in [6.07, 6.45) is 1.03. The number of nitrogens with two attached hydrogens (primary N) is 1. The molecule has 0 saturated heterocycles. The molecule has 136 valence electrons. The first-order chi connectivity index (χ1) is 11.9. The van der Waals surface area contributed by atoms with E-state index in [0.717, 1.165) is 6.42 Å². The van der Waals surface area contributed by atoms with Crippen LogP contribution in [0.5, 0.6) is 0 Å². The van der Waals surface area contributed by atoms with Gasteiger partial charge in [0.05, 0.1) is 0 Å². The van der Waals surface area contributed by atoms with Gasteiger partial charge in [0.15, 0.2) is 0 Å². The Kier molecular flexibility index (Phi) is 7.07. The van der Waals surface area contributed by atoms with Crippen molar-refractivity contribution in [3.8, 4) is 0 Å². The maximum Gasteiger partial charge on any atom is 0.0413 e. The SMILES string of the molecule is CC(C)c1cccc(C(C)C)c1NC(CN)CC(C)c1ccccc1. The van der Waals surface area contributed by atoms with E-state index in [2.05, 4.69) is 88.5 Å². The van der Waals surface area contributed by atoms with Crippen LogP contribution in [0.1, 0.15) is 75.5 Å². The first-order valence-electron chi connectivity index (χ1n) is 9.58. The van der Waals surface area contributed by atoms with Crippen LogP contribution in [0.3, 0.4) is 0 Å². The van der Waals surface area contributed by atoms with Crippen LogP contribution in [0.15, 0.2) is 48.5 Å². The highest BCUT2D eigenvalue weighted by Crippen LogP contribution is 2.33. The number of rotatable bonds is 8. The fourth-order valence-corrected chi connectivity index (χ4v) is 3.48. The number of benzene rings is 2. The second-order valence-corrected chi connectivity index (χ2v) is 7.75. The smallest absolute Gasteiger partial charge is 0.0413 e. The van der Waals surface area contributed by atoms with Crippen molar-refractivity contribution in [2.75, 3.05) is 11.9 Å². The molecule has 2 aromatic carbocycles. The Morgan fingerprint density at radius 2 is 1.36 bits per heavy atom. The molecule has 2 unspecified atom stereocenters. The number of nitrogens with one attached hydrogen (secondary N) is 1. The largest absolute Gasteiger partial charge is 0.381 e. The van der Waals surface area contributed by atoms with Crippen molar-refractivity contribution >= 4 is 5.69 Å². The molecule has 0 aliphatic rings. The van der Waals surface area contributed by atoms with E-state index in [1.165, 1.54) is 22.4 Å². The molecular weight excluding hydrogens is 304 g/mol. The van der Waals surface area contributed by atoms with E-state index >= 15 is 0 Å². The quantitative estimate of drug-likeness (QED) is 0.632. The van der Waals surface area contributed by atoms with Gasteiger partial charge in [0.2, 0.25) is 0 Å². The highest BCUT2D eigenvalue weighted by Gasteiger charge is 2.19. The average molecular weight is 339 g/mol. The highest BCUT2D eigenvalue weighted by molar-refractivity contribution is 5.60. The molecule has 2 nitrogen and oxygen atoms in total. The van der Waals surface area contributed by atoms with Crippen LogP contribution >= 0.6 is 0 Å². The molecule has 0 radical (unpaired) electrons. The second kappa shape index (κ2) is 9.05. The van der Waals surface area contributed by atoms with Gasteiger partial charge in [-0.15, -0.1) is 0 Å². The van der Waals surface area contributed by atoms with Crippen molar-refractivity contribution in [2.45, 2.75) is 64.8 Å². The van der Waals surface area contributed by atoms with E-state index in [1.807, 2.05) is 0 Å². The van der Waals surface area contributed by atoms with Crippen molar-refractivity contribution < 1.29 is 0 Å². The minimum atomic E-state index is 0.271. The molecule has 0 amide bonds. The Morgan fingerprint density at radius 1 is 0.800 bits per heavy atom. The molecule has 0 heterocycles. The van der Waals surface area contributed by atoms with E-state index in [1.54, 1.807) is 0 Å². The average Bonchev–Trinajstić information content (AvgIpc) is 2.61. The van der Waals surface area contributed by atoms with Crippen molar-refractivity contribution in [3.63, 3.8) is 0 Å². The molecule has 0 aliphatic carbocycles. The van der Waals surface area contributed by atoms with Crippen LogP contribution in [-0.4, -0.2) is 12.6 Å². The first kappa shape index (κ1) is 19.5. The molecule has 0 aromatic heterocycles.